The van der Waals surface area contributed by atoms with Crippen LogP contribution in [0.4, 0.5) is 0 Å². The molecule has 2 amide bonds. The fraction of sp³-hybridized carbons (Fsp3) is 0.667. The summed E-state index contributed by atoms with van der Waals surface area (Å²) >= 11 is 0. The van der Waals surface area contributed by atoms with Gasteiger partial charge in [-0.1, -0.05) is 29.8 Å². The minimum absolute atomic E-state index is 0.105. The van der Waals surface area contributed by atoms with E-state index in [4.69, 9.17) is 0 Å². The Morgan fingerprint density at radius 3 is 2.38 bits per heavy atom. The molecular weight excluding hydrogens is 362 g/mol. The number of hydrogen-bond donors (Lipinski definition) is 1. The average Bonchev–Trinajstić information content (AvgIpc) is 3.60. The maximum atomic E-state index is 12.7. The molecule has 1 N–H and O–H groups in total. The highest BCUT2D eigenvalue weighted by molar-refractivity contribution is 5.81. The van der Waals surface area contributed by atoms with E-state index in [1.165, 1.54) is 11.1 Å². The van der Waals surface area contributed by atoms with Crippen LogP contribution in [0.1, 0.15) is 49.7 Å². The Morgan fingerprint density at radius 1 is 0.966 bits per heavy atom. The molecule has 5 nitrogen and oxygen atoms in total. The van der Waals surface area contributed by atoms with E-state index in [0.29, 0.717) is 24.4 Å². The van der Waals surface area contributed by atoms with Crippen molar-refractivity contribution >= 4 is 11.8 Å². The van der Waals surface area contributed by atoms with Crippen molar-refractivity contribution in [1.29, 1.82) is 0 Å². The Bertz CT molecular complexity index is 705. The predicted molar refractivity (Wildman–Crippen MR) is 115 cm³/mol. The Hall–Kier alpha value is -1.88. The highest BCUT2D eigenvalue weighted by atomic mass is 16.2. The van der Waals surface area contributed by atoms with Crippen LogP contribution >= 0.6 is 0 Å². The first-order chi connectivity index (χ1) is 14.1. The van der Waals surface area contributed by atoms with Crippen LogP contribution in [0.3, 0.4) is 0 Å². The normalized spacial score (nSPS) is 23.8. The molecule has 1 saturated carbocycles. The van der Waals surface area contributed by atoms with Gasteiger partial charge in [-0.05, 0) is 64.0 Å². The Morgan fingerprint density at radius 2 is 1.69 bits per heavy atom. The average molecular weight is 398 g/mol. The Labute approximate surface area is 174 Å². The molecule has 2 saturated heterocycles. The van der Waals surface area contributed by atoms with Gasteiger partial charge in [0.05, 0.1) is 5.92 Å². The van der Waals surface area contributed by atoms with Crippen LogP contribution < -0.4 is 5.32 Å². The number of nitrogens with zero attached hydrogens (tertiary/aromatic N) is 2. The van der Waals surface area contributed by atoms with E-state index in [2.05, 4.69) is 46.3 Å². The lowest BCUT2D eigenvalue weighted by Crippen LogP contribution is -2.51. The minimum Gasteiger partial charge on any atom is -0.355 e. The molecule has 1 aromatic carbocycles. The number of likely N-dealkylation sites (tertiary alicyclic amines) is 2. The van der Waals surface area contributed by atoms with Crippen LogP contribution in [0.25, 0.3) is 0 Å². The topological polar surface area (TPSA) is 52.7 Å². The van der Waals surface area contributed by atoms with Gasteiger partial charge in [-0.25, -0.2) is 0 Å². The number of rotatable bonds is 6. The van der Waals surface area contributed by atoms with Gasteiger partial charge in [-0.3, -0.25) is 14.5 Å². The maximum Gasteiger partial charge on any atom is 0.225 e. The van der Waals surface area contributed by atoms with Gasteiger partial charge in [0, 0.05) is 38.1 Å². The summed E-state index contributed by atoms with van der Waals surface area (Å²) in [5.74, 6) is 1.03. The summed E-state index contributed by atoms with van der Waals surface area (Å²) in [7, 11) is 0. The van der Waals surface area contributed by atoms with E-state index in [0.717, 1.165) is 71.1 Å². The predicted octanol–water partition coefficient (Wildman–Crippen LogP) is 2.77. The standard InChI is InChI=1S/C24H35N3O2/c1-18-4-6-19(7-5-18)10-13-25-23(28)21-3-2-14-27(17-21)22-11-15-26(16-12-22)24(29)20-8-9-20/h4-7,20-22H,2-3,8-17H2,1H3,(H,25,28). The summed E-state index contributed by atoms with van der Waals surface area (Å²) in [5, 5.41) is 3.16. The first-order valence-electron chi connectivity index (χ1n) is 11.5. The zero-order chi connectivity index (χ0) is 20.2. The monoisotopic (exact) mass is 397 g/mol. The van der Waals surface area contributed by atoms with Gasteiger partial charge in [-0.15, -0.1) is 0 Å². The summed E-state index contributed by atoms with van der Waals surface area (Å²) < 4.78 is 0. The SMILES string of the molecule is Cc1ccc(CCNC(=O)C2CCCN(C3CCN(C(=O)C4CC4)CC3)C2)cc1. The molecule has 3 fully saturated rings. The van der Waals surface area contributed by atoms with Crippen molar-refractivity contribution in [3.05, 3.63) is 35.4 Å². The van der Waals surface area contributed by atoms with Crippen molar-refractivity contribution < 1.29 is 9.59 Å². The zero-order valence-electron chi connectivity index (χ0n) is 17.7. The first kappa shape index (κ1) is 20.4. The molecule has 1 unspecified atom stereocenters. The van der Waals surface area contributed by atoms with Gasteiger partial charge in [0.25, 0.3) is 0 Å². The third-order valence-corrected chi connectivity index (χ3v) is 6.88. The summed E-state index contributed by atoms with van der Waals surface area (Å²) in [6.45, 7) is 6.55. The third kappa shape index (κ3) is 5.39. The van der Waals surface area contributed by atoms with Crippen LogP contribution in [-0.2, 0) is 16.0 Å². The second-order valence-corrected chi connectivity index (χ2v) is 9.19. The lowest BCUT2D eigenvalue weighted by molar-refractivity contribution is -0.134. The molecule has 0 aromatic heterocycles. The highest BCUT2D eigenvalue weighted by Crippen LogP contribution is 2.32. The van der Waals surface area contributed by atoms with Crippen molar-refractivity contribution in [3.63, 3.8) is 0 Å². The van der Waals surface area contributed by atoms with Crippen molar-refractivity contribution in [2.24, 2.45) is 11.8 Å². The van der Waals surface area contributed by atoms with Gasteiger partial charge < -0.3 is 10.2 Å². The van der Waals surface area contributed by atoms with Crippen molar-refractivity contribution in [1.82, 2.24) is 15.1 Å². The molecule has 2 heterocycles. The molecule has 2 aliphatic heterocycles. The molecule has 158 valence electrons. The fourth-order valence-corrected chi connectivity index (χ4v) is 4.82. The molecule has 5 heteroatoms. The van der Waals surface area contributed by atoms with E-state index < -0.39 is 0 Å². The molecule has 0 bridgehead atoms. The van der Waals surface area contributed by atoms with Crippen LogP contribution in [0.15, 0.2) is 24.3 Å². The third-order valence-electron chi connectivity index (χ3n) is 6.88. The van der Waals surface area contributed by atoms with Gasteiger partial charge >= 0.3 is 0 Å². The van der Waals surface area contributed by atoms with E-state index in [1.54, 1.807) is 0 Å². The largest absolute Gasteiger partial charge is 0.355 e. The van der Waals surface area contributed by atoms with Gasteiger partial charge in [0.2, 0.25) is 11.8 Å². The Balaban J connectivity index is 1.20. The van der Waals surface area contributed by atoms with Crippen LogP contribution in [0.5, 0.6) is 0 Å². The summed E-state index contributed by atoms with van der Waals surface area (Å²) in [5.41, 5.74) is 2.54. The molecule has 3 aliphatic rings. The van der Waals surface area contributed by atoms with E-state index in [1.807, 2.05) is 0 Å². The maximum absolute atomic E-state index is 12.7. The molecule has 1 atom stereocenters. The van der Waals surface area contributed by atoms with Crippen LogP contribution in [0, 0.1) is 18.8 Å². The van der Waals surface area contributed by atoms with E-state index in [-0.39, 0.29) is 11.8 Å². The number of amides is 2. The van der Waals surface area contributed by atoms with Crippen molar-refractivity contribution in [3.8, 4) is 0 Å². The lowest BCUT2D eigenvalue weighted by atomic mass is 9.93. The molecular formula is C24H35N3O2. The number of carbonyl (C=O) groups is 2. The van der Waals surface area contributed by atoms with Gasteiger partial charge in [0.15, 0.2) is 0 Å². The second-order valence-electron chi connectivity index (χ2n) is 9.19. The second kappa shape index (κ2) is 9.29. The van der Waals surface area contributed by atoms with E-state index >= 15 is 0 Å². The first-order valence-corrected chi connectivity index (χ1v) is 11.5. The molecule has 1 aromatic rings. The summed E-state index contributed by atoms with van der Waals surface area (Å²) in [6, 6.07) is 9.06. The number of hydrogen-bond acceptors (Lipinski definition) is 3. The van der Waals surface area contributed by atoms with Crippen molar-refractivity contribution in [2.75, 3.05) is 32.7 Å². The lowest BCUT2D eigenvalue weighted by Gasteiger charge is -2.42. The summed E-state index contributed by atoms with van der Waals surface area (Å²) in [6.07, 6.45) is 7.26. The zero-order valence-corrected chi connectivity index (χ0v) is 17.7. The minimum atomic E-state index is 0.105. The quantitative estimate of drug-likeness (QED) is 0.803. The number of benzene rings is 1. The molecule has 29 heavy (non-hydrogen) atoms. The van der Waals surface area contributed by atoms with E-state index in [9.17, 15) is 9.59 Å². The van der Waals surface area contributed by atoms with Crippen LogP contribution in [0.2, 0.25) is 0 Å². The number of aryl methyl sites for hydroxylation is 1. The van der Waals surface area contributed by atoms with Gasteiger partial charge in [-0.2, -0.15) is 0 Å². The number of nitrogens with one attached hydrogen (secondary N) is 1. The summed E-state index contributed by atoms with van der Waals surface area (Å²) in [4.78, 5) is 29.6. The Kier molecular flexibility index (Phi) is 6.53. The highest BCUT2D eigenvalue weighted by Gasteiger charge is 2.37. The number of piperidine rings is 2. The fourth-order valence-electron chi connectivity index (χ4n) is 4.82. The van der Waals surface area contributed by atoms with Crippen LogP contribution in [-0.4, -0.2) is 60.4 Å². The smallest absolute Gasteiger partial charge is 0.225 e. The van der Waals surface area contributed by atoms with Crippen molar-refractivity contribution in [2.45, 2.75) is 57.9 Å². The molecule has 0 spiro atoms. The van der Waals surface area contributed by atoms with Gasteiger partial charge in [0.1, 0.15) is 0 Å². The number of carbonyl (C=O) groups excluding carboxylic acids is 2. The molecule has 0 radical (unpaired) electrons. The molecule has 1 aliphatic carbocycles. The molecule has 4 rings (SSSR count).